The largest absolute Gasteiger partial charge is 0.488 e. The van der Waals surface area contributed by atoms with Gasteiger partial charge in [-0.3, -0.25) is 14.9 Å². The quantitative estimate of drug-likeness (QED) is 0.613. The van der Waals surface area contributed by atoms with Crippen LogP contribution in [0.3, 0.4) is 0 Å². The molecule has 0 heterocycles. The van der Waals surface area contributed by atoms with E-state index >= 15 is 0 Å². The summed E-state index contributed by atoms with van der Waals surface area (Å²) in [5.41, 5.74) is 3.96. The number of primary amides is 1. The van der Waals surface area contributed by atoms with Crippen LogP contribution in [0.2, 0.25) is 0 Å². The van der Waals surface area contributed by atoms with Crippen LogP contribution in [0, 0.1) is 26.9 Å². The second kappa shape index (κ2) is 6.89. The van der Waals surface area contributed by atoms with Crippen LogP contribution in [0.1, 0.15) is 39.2 Å². The van der Waals surface area contributed by atoms with E-state index in [4.69, 9.17) is 10.5 Å². The van der Waals surface area contributed by atoms with Crippen molar-refractivity contribution < 1.29 is 14.5 Å². The molecule has 0 bridgehead atoms. The predicted molar refractivity (Wildman–Crippen MR) is 80.1 cm³/mol. The Bertz CT molecular complexity index is 620. The number of rotatable bonds is 7. The van der Waals surface area contributed by atoms with Crippen molar-refractivity contribution in [3.8, 4) is 11.8 Å². The van der Waals surface area contributed by atoms with E-state index in [2.05, 4.69) is 0 Å². The first-order valence-electron chi connectivity index (χ1n) is 6.89. The van der Waals surface area contributed by atoms with Gasteiger partial charge >= 0.3 is 0 Å². The number of hydrogen-bond acceptors (Lipinski definition) is 5. The van der Waals surface area contributed by atoms with Crippen molar-refractivity contribution in [1.29, 1.82) is 5.26 Å². The summed E-state index contributed by atoms with van der Waals surface area (Å²) in [7, 11) is 0. The van der Waals surface area contributed by atoms with E-state index in [1.165, 1.54) is 18.2 Å². The predicted octanol–water partition coefficient (Wildman–Crippen LogP) is 2.53. The molecule has 0 aliphatic carbocycles. The van der Waals surface area contributed by atoms with Gasteiger partial charge in [0, 0.05) is 6.07 Å². The number of nitro benzene ring substituents is 1. The van der Waals surface area contributed by atoms with Crippen molar-refractivity contribution in [2.24, 2.45) is 11.1 Å². The first-order valence-corrected chi connectivity index (χ1v) is 6.89. The van der Waals surface area contributed by atoms with Gasteiger partial charge in [0.1, 0.15) is 17.9 Å². The second-order valence-corrected chi connectivity index (χ2v) is 5.50. The molecule has 0 aliphatic heterocycles. The molecule has 1 aromatic rings. The van der Waals surface area contributed by atoms with Gasteiger partial charge in [0.15, 0.2) is 5.56 Å². The molecule has 7 nitrogen and oxygen atoms in total. The van der Waals surface area contributed by atoms with Crippen LogP contribution < -0.4 is 10.5 Å². The number of carbonyl (C=O) groups excluding carboxylic acids is 1. The molecule has 0 saturated heterocycles. The summed E-state index contributed by atoms with van der Waals surface area (Å²) >= 11 is 0. The van der Waals surface area contributed by atoms with Crippen molar-refractivity contribution in [3.63, 3.8) is 0 Å². The Morgan fingerprint density at radius 2 is 2.18 bits per heavy atom. The molecule has 0 aromatic heterocycles. The fourth-order valence-corrected chi connectivity index (χ4v) is 2.02. The highest BCUT2D eigenvalue weighted by Gasteiger charge is 2.37. The van der Waals surface area contributed by atoms with E-state index in [0.29, 0.717) is 6.42 Å². The molecule has 0 spiro atoms. The SMILES string of the molecule is CCCC(Oc1cccc([N+](=O)[O-])c1C#N)C(C)(C)C(N)=O. The zero-order valence-electron chi connectivity index (χ0n) is 12.8. The smallest absolute Gasteiger partial charge is 0.290 e. The van der Waals surface area contributed by atoms with E-state index in [9.17, 15) is 20.2 Å². The first-order chi connectivity index (χ1) is 10.3. The third kappa shape index (κ3) is 3.52. The molecule has 1 aromatic carbocycles. The van der Waals surface area contributed by atoms with Crippen molar-refractivity contribution in [2.45, 2.75) is 39.7 Å². The standard InChI is InChI=1S/C15H19N3O4/c1-4-6-13(15(2,3)14(17)19)22-12-8-5-7-11(18(20)21)10(12)9-16/h5,7-8,13H,4,6H2,1-3H3,(H2,17,19). The van der Waals surface area contributed by atoms with Crippen LogP contribution in [0.5, 0.6) is 5.75 Å². The third-order valence-electron chi connectivity index (χ3n) is 3.57. The lowest BCUT2D eigenvalue weighted by Crippen LogP contribution is -2.44. The monoisotopic (exact) mass is 305 g/mol. The molecule has 1 rings (SSSR count). The summed E-state index contributed by atoms with van der Waals surface area (Å²) in [5, 5.41) is 20.2. The van der Waals surface area contributed by atoms with Gasteiger partial charge in [0.05, 0.1) is 10.3 Å². The highest BCUT2D eigenvalue weighted by Crippen LogP contribution is 2.33. The average molecular weight is 305 g/mol. The van der Waals surface area contributed by atoms with Crippen LogP contribution in [-0.2, 0) is 4.79 Å². The molecule has 0 aliphatic rings. The highest BCUT2D eigenvalue weighted by atomic mass is 16.6. The number of benzene rings is 1. The van der Waals surface area contributed by atoms with Crippen LogP contribution in [0.25, 0.3) is 0 Å². The average Bonchev–Trinajstić information content (AvgIpc) is 2.46. The van der Waals surface area contributed by atoms with E-state index < -0.39 is 22.3 Å². The minimum absolute atomic E-state index is 0.0875. The Morgan fingerprint density at radius 3 is 2.64 bits per heavy atom. The highest BCUT2D eigenvalue weighted by molar-refractivity contribution is 5.80. The lowest BCUT2D eigenvalue weighted by molar-refractivity contribution is -0.385. The van der Waals surface area contributed by atoms with Crippen LogP contribution in [0.15, 0.2) is 18.2 Å². The van der Waals surface area contributed by atoms with Gasteiger partial charge in [-0.15, -0.1) is 0 Å². The summed E-state index contributed by atoms with van der Waals surface area (Å²) in [5.74, 6) is -0.445. The minimum Gasteiger partial charge on any atom is -0.488 e. The van der Waals surface area contributed by atoms with Gasteiger partial charge in [-0.25, -0.2) is 0 Å². The molecule has 0 fully saturated rings. The van der Waals surface area contributed by atoms with Gasteiger partial charge < -0.3 is 10.5 Å². The number of nitrogens with two attached hydrogens (primary N) is 1. The van der Waals surface area contributed by atoms with E-state index in [1.54, 1.807) is 19.9 Å². The van der Waals surface area contributed by atoms with Crippen LogP contribution in [-0.4, -0.2) is 16.9 Å². The molecule has 1 atom stereocenters. The molecule has 1 amide bonds. The maximum Gasteiger partial charge on any atom is 0.290 e. The van der Waals surface area contributed by atoms with E-state index in [1.807, 2.05) is 6.92 Å². The molecule has 0 saturated carbocycles. The number of nitriles is 1. The van der Waals surface area contributed by atoms with Gasteiger partial charge in [0.25, 0.3) is 5.69 Å². The zero-order valence-corrected chi connectivity index (χ0v) is 12.8. The normalized spacial score (nSPS) is 12.3. The van der Waals surface area contributed by atoms with E-state index in [0.717, 1.165) is 6.42 Å². The fourth-order valence-electron chi connectivity index (χ4n) is 2.02. The summed E-state index contributed by atoms with van der Waals surface area (Å²) < 4.78 is 5.77. The van der Waals surface area contributed by atoms with Gasteiger partial charge in [-0.2, -0.15) is 5.26 Å². The molecule has 1 unspecified atom stereocenters. The summed E-state index contributed by atoms with van der Waals surface area (Å²) in [4.78, 5) is 22.0. The molecule has 22 heavy (non-hydrogen) atoms. The molecule has 118 valence electrons. The Morgan fingerprint density at radius 1 is 1.55 bits per heavy atom. The Labute approximate surface area is 128 Å². The number of carbonyl (C=O) groups is 1. The zero-order chi connectivity index (χ0) is 16.9. The van der Waals surface area contributed by atoms with Crippen LogP contribution >= 0.6 is 0 Å². The Balaban J connectivity index is 3.26. The van der Waals surface area contributed by atoms with Gasteiger partial charge in [0.2, 0.25) is 5.91 Å². The topological polar surface area (TPSA) is 119 Å². The molecular formula is C15H19N3O4. The van der Waals surface area contributed by atoms with E-state index in [-0.39, 0.29) is 17.0 Å². The van der Waals surface area contributed by atoms with Crippen LogP contribution in [0.4, 0.5) is 5.69 Å². The van der Waals surface area contributed by atoms with Crippen molar-refractivity contribution >= 4 is 11.6 Å². The van der Waals surface area contributed by atoms with Crippen molar-refractivity contribution in [3.05, 3.63) is 33.9 Å². The van der Waals surface area contributed by atoms with Gasteiger partial charge in [-0.05, 0) is 26.3 Å². The number of nitro groups is 1. The maximum absolute atomic E-state index is 11.6. The maximum atomic E-state index is 11.6. The Kier molecular flexibility index (Phi) is 5.46. The molecule has 7 heteroatoms. The molecule has 0 radical (unpaired) electrons. The first kappa shape index (κ1) is 17.4. The van der Waals surface area contributed by atoms with Crippen molar-refractivity contribution in [1.82, 2.24) is 0 Å². The minimum atomic E-state index is -0.965. The van der Waals surface area contributed by atoms with Gasteiger partial charge in [-0.1, -0.05) is 19.4 Å². The second-order valence-electron chi connectivity index (χ2n) is 5.50. The summed E-state index contributed by atoms with van der Waals surface area (Å²) in [6, 6.07) is 5.94. The Hall–Kier alpha value is -2.62. The van der Waals surface area contributed by atoms with Crippen molar-refractivity contribution in [2.75, 3.05) is 0 Å². The lowest BCUT2D eigenvalue weighted by Gasteiger charge is -2.31. The summed E-state index contributed by atoms with van der Waals surface area (Å²) in [6.07, 6.45) is 0.686. The number of hydrogen-bond donors (Lipinski definition) is 1. The lowest BCUT2D eigenvalue weighted by atomic mass is 9.83. The number of ether oxygens (including phenoxy) is 1. The number of amides is 1. The number of nitrogens with zero attached hydrogens (tertiary/aromatic N) is 2. The fraction of sp³-hybridized carbons (Fsp3) is 0.467. The molecule has 2 N–H and O–H groups in total. The summed E-state index contributed by atoms with van der Waals surface area (Å²) in [6.45, 7) is 5.23. The molecular weight excluding hydrogens is 286 g/mol. The third-order valence-corrected chi connectivity index (χ3v) is 3.57.